The standard InChI is InChI=1S/C22H19N5O6S/c1-30-18-10-14(11-19(31-2)20(18)32-3)21-24-25-22(34)26(21)23-12-16-7-8-17(33-16)13-5-4-6-15(9-13)27(28)29/h4-12H,1-3H3,(H,25,34)/b23-12+. The number of nitro benzene ring substituents is 1. The minimum absolute atomic E-state index is 0.0243. The summed E-state index contributed by atoms with van der Waals surface area (Å²) >= 11 is 5.33. The SMILES string of the molecule is COc1cc(-c2n[nH]c(=S)n2/N=C/c2ccc(-c3cccc([N+](=O)[O-])c3)o2)cc(OC)c1OC. The molecule has 12 heteroatoms. The van der Waals surface area contributed by atoms with Gasteiger partial charge < -0.3 is 18.6 Å². The molecule has 1 N–H and O–H groups in total. The molecule has 0 saturated carbocycles. The third kappa shape index (κ3) is 4.38. The Morgan fingerprint density at radius 2 is 1.82 bits per heavy atom. The molecule has 2 heterocycles. The smallest absolute Gasteiger partial charge is 0.270 e. The topological polar surface area (TPSA) is 130 Å². The molecule has 11 nitrogen and oxygen atoms in total. The Balaban J connectivity index is 1.67. The first-order valence-electron chi connectivity index (χ1n) is 9.82. The number of nitrogens with one attached hydrogen (secondary N) is 1. The second kappa shape index (κ2) is 9.58. The van der Waals surface area contributed by atoms with Crippen molar-refractivity contribution in [3.8, 4) is 40.0 Å². The van der Waals surface area contributed by atoms with Gasteiger partial charge in [-0.2, -0.15) is 14.9 Å². The Hall–Kier alpha value is -4.45. The molecule has 0 aliphatic rings. The zero-order valence-electron chi connectivity index (χ0n) is 18.3. The highest BCUT2D eigenvalue weighted by molar-refractivity contribution is 7.71. The lowest BCUT2D eigenvalue weighted by Gasteiger charge is -2.13. The van der Waals surface area contributed by atoms with Gasteiger partial charge >= 0.3 is 0 Å². The molecule has 2 aromatic heterocycles. The second-order valence-corrected chi connectivity index (χ2v) is 7.22. The molecular formula is C22H19N5O6S. The molecule has 0 spiro atoms. The van der Waals surface area contributed by atoms with Crippen molar-refractivity contribution in [3.63, 3.8) is 0 Å². The van der Waals surface area contributed by atoms with E-state index in [4.69, 9.17) is 30.8 Å². The quantitative estimate of drug-likeness (QED) is 0.166. The van der Waals surface area contributed by atoms with E-state index in [-0.39, 0.29) is 10.5 Å². The van der Waals surface area contributed by atoms with Crippen LogP contribution in [0.5, 0.6) is 17.2 Å². The van der Waals surface area contributed by atoms with Crippen LogP contribution in [0.15, 0.2) is 58.0 Å². The molecule has 4 aromatic rings. The van der Waals surface area contributed by atoms with Crippen molar-refractivity contribution in [2.45, 2.75) is 0 Å². The molecule has 0 bridgehead atoms. The van der Waals surface area contributed by atoms with E-state index in [1.165, 1.54) is 44.4 Å². The predicted octanol–water partition coefficient (Wildman–Crippen LogP) is 4.68. The molecule has 0 radical (unpaired) electrons. The van der Waals surface area contributed by atoms with Gasteiger partial charge in [-0.1, -0.05) is 12.1 Å². The highest BCUT2D eigenvalue weighted by atomic mass is 32.1. The summed E-state index contributed by atoms with van der Waals surface area (Å²) in [7, 11) is 4.56. The third-order valence-corrected chi connectivity index (χ3v) is 5.11. The molecule has 0 fully saturated rings. The van der Waals surface area contributed by atoms with E-state index in [9.17, 15) is 10.1 Å². The van der Waals surface area contributed by atoms with Crippen molar-refractivity contribution in [2.24, 2.45) is 5.10 Å². The number of aromatic amines is 1. The summed E-state index contributed by atoms with van der Waals surface area (Å²) in [6, 6.07) is 13.0. The maximum Gasteiger partial charge on any atom is 0.270 e. The van der Waals surface area contributed by atoms with E-state index in [1.807, 2.05) is 0 Å². The van der Waals surface area contributed by atoms with Crippen molar-refractivity contribution < 1.29 is 23.6 Å². The van der Waals surface area contributed by atoms with Crippen LogP contribution in [0.3, 0.4) is 0 Å². The number of nitro groups is 1. The molecule has 0 aliphatic carbocycles. The van der Waals surface area contributed by atoms with Crippen molar-refractivity contribution in [1.29, 1.82) is 0 Å². The molecule has 174 valence electrons. The monoisotopic (exact) mass is 481 g/mol. The van der Waals surface area contributed by atoms with Crippen LogP contribution in [0.4, 0.5) is 5.69 Å². The lowest BCUT2D eigenvalue weighted by atomic mass is 10.1. The molecule has 0 saturated heterocycles. The Morgan fingerprint density at radius 3 is 2.47 bits per heavy atom. The van der Waals surface area contributed by atoms with Crippen LogP contribution >= 0.6 is 12.2 Å². The highest BCUT2D eigenvalue weighted by Gasteiger charge is 2.18. The Morgan fingerprint density at radius 1 is 1.09 bits per heavy atom. The molecular weight excluding hydrogens is 462 g/mol. The number of rotatable bonds is 8. The molecule has 0 unspecified atom stereocenters. The number of ether oxygens (including phenoxy) is 3. The van der Waals surface area contributed by atoms with Gasteiger partial charge in [0, 0.05) is 23.3 Å². The Labute approximate surface area is 198 Å². The lowest BCUT2D eigenvalue weighted by Crippen LogP contribution is -1.98. The fourth-order valence-electron chi connectivity index (χ4n) is 3.26. The highest BCUT2D eigenvalue weighted by Crippen LogP contribution is 2.40. The summed E-state index contributed by atoms with van der Waals surface area (Å²) in [6.45, 7) is 0. The summed E-state index contributed by atoms with van der Waals surface area (Å²) < 4.78 is 23.6. The minimum Gasteiger partial charge on any atom is -0.493 e. The van der Waals surface area contributed by atoms with Crippen LogP contribution in [0.1, 0.15) is 5.76 Å². The van der Waals surface area contributed by atoms with Crippen molar-refractivity contribution in [3.05, 3.63) is 69.2 Å². The van der Waals surface area contributed by atoms with E-state index in [2.05, 4.69) is 15.3 Å². The van der Waals surface area contributed by atoms with Crippen LogP contribution in [0.25, 0.3) is 22.7 Å². The number of aromatic nitrogens is 3. The summed E-state index contributed by atoms with van der Waals surface area (Å²) in [5, 5.41) is 22.4. The number of non-ortho nitro benzene ring substituents is 1. The molecule has 4 rings (SSSR count). The van der Waals surface area contributed by atoms with Crippen LogP contribution in [-0.2, 0) is 0 Å². The fourth-order valence-corrected chi connectivity index (χ4v) is 3.44. The van der Waals surface area contributed by atoms with Crippen molar-refractivity contribution >= 4 is 24.1 Å². The zero-order chi connectivity index (χ0) is 24.2. The van der Waals surface area contributed by atoms with E-state index in [0.29, 0.717) is 45.7 Å². The van der Waals surface area contributed by atoms with Crippen LogP contribution in [-0.4, -0.2) is 47.3 Å². The summed E-state index contributed by atoms with van der Waals surface area (Å²) in [5.41, 5.74) is 1.17. The lowest BCUT2D eigenvalue weighted by molar-refractivity contribution is -0.384. The van der Waals surface area contributed by atoms with Gasteiger partial charge in [-0.05, 0) is 36.5 Å². The van der Waals surface area contributed by atoms with Crippen molar-refractivity contribution in [1.82, 2.24) is 14.9 Å². The number of hydrogen-bond acceptors (Lipinski definition) is 9. The zero-order valence-corrected chi connectivity index (χ0v) is 19.2. The van der Waals surface area contributed by atoms with Crippen molar-refractivity contribution in [2.75, 3.05) is 21.3 Å². The van der Waals surface area contributed by atoms with Crippen LogP contribution in [0.2, 0.25) is 0 Å². The number of nitrogens with zero attached hydrogens (tertiary/aromatic N) is 4. The predicted molar refractivity (Wildman–Crippen MR) is 126 cm³/mol. The van der Waals surface area contributed by atoms with Gasteiger partial charge in [0.2, 0.25) is 10.5 Å². The van der Waals surface area contributed by atoms with E-state index in [1.54, 1.807) is 36.4 Å². The van der Waals surface area contributed by atoms with Gasteiger partial charge in [0.25, 0.3) is 5.69 Å². The summed E-state index contributed by atoms with van der Waals surface area (Å²) in [4.78, 5) is 10.6. The van der Waals surface area contributed by atoms with Gasteiger partial charge in [-0.25, -0.2) is 5.10 Å². The maximum atomic E-state index is 11.0. The number of benzene rings is 2. The average Bonchev–Trinajstić information content (AvgIpc) is 3.48. The molecule has 0 amide bonds. The first kappa shape index (κ1) is 22.7. The number of methoxy groups -OCH3 is 3. The number of H-pyrrole nitrogens is 1. The van der Waals surface area contributed by atoms with E-state index >= 15 is 0 Å². The number of furan rings is 1. The second-order valence-electron chi connectivity index (χ2n) is 6.83. The third-order valence-electron chi connectivity index (χ3n) is 4.84. The van der Waals surface area contributed by atoms with Gasteiger partial charge in [0.05, 0.1) is 32.5 Å². The molecule has 2 aromatic carbocycles. The van der Waals surface area contributed by atoms with Gasteiger partial charge in [0.15, 0.2) is 17.3 Å². The van der Waals surface area contributed by atoms with Gasteiger partial charge in [0.1, 0.15) is 11.5 Å². The van der Waals surface area contributed by atoms with Gasteiger partial charge in [-0.15, -0.1) is 0 Å². The first-order valence-corrected chi connectivity index (χ1v) is 10.2. The maximum absolute atomic E-state index is 11.0. The Bertz CT molecular complexity index is 1410. The number of hydrogen-bond donors (Lipinski definition) is 1. The largest absolute Gasteiger partial charge is 0.493 e. The fraction of sp³-hybridized carbons (Fsp3) is 0.136. The Kier molecular flexibility index (Phi) is 6.41. The van der Waals surface area contributed by atoms with Crippen LogP contribution in [0, 0.1) is 14.9 Å². The van der Waals surface area contributed by atoms with E-state index < -0.39 is 4.92 Å². The summed E-state index contributed by atoms with van der Waals surface area (Å²) in [5.74, 6) is 2.64. The minimum atomic E-state index is -0.458. The first-order chi connectivity index (χ1) is 16.4. The van der Waals surface area contributed by atoms with Crippen LogP contribution < -0.4 is 14.2 Å². The average molecular weight is 481 g/mol. The van der Waals surface area contributed by atoms with E-state index in [0.717, 1.165) is 0 Å². The molecule has 0 aliphatic heterocycles. The van der Waals surface area contributed by atoms with Gasteiger partial charge in [-0.3, -0.25) is 10.1 Å². The molecule has 0 atom stereocenters. The molecule has 34 heavy (non-hydrogen) atoms. The normalized spacial score (nSPS) is 11.0. The summed E-state index contributed by atoms with van der Waals surface area (Å²) in [6.07, 6.45) is 1.47.